The summed E-state index contributed by atoms with van der Waals surface area (Å²) >= 11 is 4.59. The quantitative estimate of drug-likeness (QED) is 0.270. The highest BCUT2D eigenvalue weighted by molar-refractivity contribution is 9.10. The van der Waals surface area contributed by atoms with Gasteiger partial charge in [-0.05, 0) is 38.5 Å². The van der Waals surface area contributed by atoms with E-state index in [0.29, 0.717) is 42.2 Å². The molecule has 0 aliphatic carbocycles. The predicted molar refractivity (Wildman–Crippen MR) is 109 cm³/mol. The van der Waals surface area contributed by atoms with Crippen molar-refractivity contribution in [2.24, 2.45) is 0 Å². The van der Waals surface area contributed by atoms with Crippen molar-refractivity contribution in [1.82, 2.24) is 14.9 Å². The molecule has 0 saturated heterocycles. The maximum Gasteiger partial charge on any atom is 0.305 e. The van der Waals surface area contributed by atoms with Gasteiger partial charge in [0, 0.05) is 24.0 Å². The van der Waals surface area contributed by atoms with E-state index in [1.54, 1.807) is 23.6 Å². The zero-order valence-electron chi connectivity index (χ0n) is 15.3. The van der Waals surface area contributed by atoms with Crippen LogP contribution in [0.3, 0.4) is 0 Å². The molecule has 0 spiro atoms. The van der Waals surface area contributed by atoms with E-state index in [-0.39, 0.29) is 29.6 Å². The summed E-state index contributed by atoms with van der Waals surface area (Å²) in [6.45, 7) is 4.85. The molecule has 9 heteroatoms. The van der Waals surface area contributed by atoms with Crippen LogP contribution in [-0.4, -0.2) is 40.3 Å². The van der Waals surface area contributed by atoms with Crippen molar-refractivity contribution in [2.45, 2.75) is 38.4 Å². The number of esters is 1. The largest absolute Gasteiger partial charge is 0.466 e. The van der Waals surface area contributed by atoms with Crippen LogP contribution < -0.4 is 10.9 Å². The van der Waals surface area contributed by atoms with Gasteiger partial charge in [0.25, 0.3) is 5.56 Å². The molecule has 0 saturated carbocycles. The molecule has 0 aliphatic heterocycles. The lowest BCUT2D eigenvalue weighted by Crippen LogP contribution is -2.28. The first-order valence-electron chi connectivity index (χ1n) is 8.71. The van der Waals surface area contributed by atoms with Gasteiger partial charge in [-0.15, -0.1) is 0 Å². The average Bonchev–Trinajstić information content (AvgIpc) is 2.64. The summed E-state index contributed by atoms with van der Waals surface area (Å²) in [5.41, 5.74) is 0.478. The fourth-order valence-electron chi connectivity index (χ4n) is 2.44. The second-order valence-corrected chi connectivity index (χ2v) is 7.51. The van der Waals surface area contributed by atoms with E-state index in [1.807, 2.05) is 13.0 Å². The Bertz CT molecular complexity index is 885. The van der Waals surface area contributed by atoms with E-state index in [0.717, 1.165) is 4.47 Å². The lowest BCUT2D eigenvalue weighted by atomic mass is 10.2. The van der Waals surface area contributed by atoms with Gasteiger partial charge in [0.1, 0.15) is 0 Å². The molecule has 2 aromatic rings. The van der Waals surface area contributed by atoms with Crippen molar-refractivity contribution in [3.05, 3.63) is 33.0 Å². The Morgan fingerprint density at radius 1 is 1.33 bits per heavy atom. The molecule has 27 heavy (non-hydrogen) atoms. The van der Waals surface area contributed by atoms with Crippen LogP contribution >= 0.6 is 27.7 Å². The Labute approximate surface area is 170 Å². The first-order valence-corrected chi connectivity index (χ1v) is 10.5. The van der Waals surface area contributed by atoms with Gasteiger partial charge in [-0.2, -0.15) is 0 Å². The number of carbonyl (C=O) groups excluding carboxylic acids is 2. The first-order chi connectivity index (χ1) is 13.0. The molecule has 1 N–H and O–H groups in total. The molecule has 7 nitrogen and oxygen atoms in total. The number of rotatable bonds is 9. The van der Waals surface area contributed by atoms with Crippen LogP contribution in [0.1, 0.15) is 26.7 Å². The number of fused-ring (bicyclic) bond motifs is 1. The fourth-order valence-corrected chi connectivity index (χ4v) is 3.69. The third kappa shape index (κ3) is 6.07. The number of carbonyl (C=O) groups is 2. The highest BCUT2D eigenvalue weighted by Crippen LogP contribution is 2.20. The lowest BCUT2D eigenvalue weighted by molar-refractivity contribution is -0.143. The third-order valence-electron chi connectivity index (χ3n) is 3.71. The molecule has 1 aromatic carbocycles. The van der Waals surface area contributed by atoms with Gasteiger partial charge in [-0.3, -0.25) is 19.0 Å². The number of ether oxygens (including phenoxy) is 1. The molecule has 0 fully saturated rings. The summed E-state index contributed by atoms with van der Waals surface area (Å²) in [5, 5.41) is 3.81. The van der Waals surface area contributed by atoms with Crippen LogP contribution in [-0.2, 0) is 20.9 Å². The van der Waals surface area contributed by atoms with Gasteiger partial charge in [-0.1, -0.05) is 27.7 Å². The maximum atomic E-state index is 12.6. The number of thioether (sulfide) groups is 1. The smallest absolute Gasteiger partial charge is 0.305 e. The number of hydrogen-bond acceptors (Lipinski definition) is 6. The van der Waals surface area contributed by atoms with Crippen LogP contribution in [0, 0.1) is 0 Å². The number of benzene rings is 1. The average molecular weight is 456 g/mol. The molecule has 0 radical (unpaired) electrons. The maximum absolute atomic E-state index is 12.6. The molecule has 0 unspecified atom stereocenters. The van der Waals surface area contributed by atoms with Crippen LogP contribution in [0.25, 0.3) is 10.9 Å². The molecular formula is C18H22BrN3O4S. The number of aromatic nitrogens is 2. The number of halogens is 1. The molecule has 2 rings (SSSR count). The van der Waals surface area contributed by atoms with Gasteiger partial charge >= 0.3 is 5.97 Å². The zero-order valence-corrected chi connectivity index (χ0v) is 17.7. The lowest BCUT2D eigenvalue weighted by Gasteiger charge is -2.11. The highest BCUT2D eigenvalue weighted by atomic mass is 79.9. The van der Waals surface area contributed by atoms with Crippen molar-refractivity contribution in [2.75, 3.05) is 18.9 Å². The molecule has 0 aliphatic rings. The van der Waals surface area contributed by atoms with Crippen LogP contribution in [0.15, 0.2) is 32.6 Å². The van der Waals surface area contributed by atoms with E-state index in [1.165, 1.54) is 11.8 Å². The van der Waals surface area contributed by atoms with E-state index < -0.39 is 0 Å². The Hall–Kier alpha value is -1.87. The van der Waals surface area contributed by atoms with Crippen molar-refractivity contribution in [3.8, 4) is 0 Å². The SMILES string of the molecule is CCOC(=O)CCCNC(=O)CSc1nc2ccc(Br)cc2c(=O)n1CC. The molecule has 1 heterocycles. The van der Waals surface area contributed by atoms with Crippen molar-refractivity contribution >= 4 is 50.5 Å². The van der Waals surface area contributed by atoms with Gasteiger partial charge in [-0.25, -0.2) is 4.98 Å². The fraction of sp³-hybridized carbons (Fsp3) is 0.444. The standard InChI is InChI=1S/C18H22BrN3O4S/c1-3-22-17(25)13-10-12(19)7-8-14(13)21-18(22)27-11-15(23)20-9-5-6-16(24)26-4-2/h7-8,10H,3-6,9,11H2,1-2H3,(H,20,23). The van der Waals surface area contributed by atoms with Crippen molar-refractivity contribution in [3.63, 3.8) is 0 Å². The zero-order chi connectivity index (χ0) is 19.8. The molecule has 0 bridgehead atoms. The summed E-state index contributed by atoms with van der Waals surface area (Å²) in [6.07, 6.45) is 0.802. The third-order valence-corrected chi connectivity index (χ3v) is 5.18. The minimum atomic E-state index is -0.264. The summed E-state index contributed by atoms with van der Waals surface area (Å²) in [6, 6.07) is 5.36. The van der Waals surface area contributed by atoms with Crippen molar-refractivity contribution in [1.29, 1.82) is 0 Å². The summed E-state index contributed by atoms with van der Waals surface area (Å²) in [7, 11) is 0. The highest BCUT2D eigenvalue weighted by Gasteiger charge is 2.12. The summed E-state index contributed by atoms with van der Waals surface area (Å²) < 4.78 is 7.22. The molecule has 146 valence electrons. The summed E-state index contributed by atoms with van der Waals surface area (Å²) in [5.74, 6) is -0.287. The Balaban J connectivity index is 1.96. The van der Waals surface area contributed by atoms with E-state index >= 15 is 0 Å². The van der Waals surface area contributed by atoms with Crippen LogP contribution in [0.4, 0.5) is 0 Å². The van der Waals surface area contributed by atoms with Gasteiger partial charge < -0.3 is 10.1 Å². The second kappa shape index (κ2) is 10.5. The van der Waals surface area contributed by atoms with Crippen molar-refractivity contribution < 1.29 is 14.3 Å². The van der Waals surface area contributed by atoms with E-state index in [2.05, 4.69) is 26.2 Å². The summed E-state index contributed by atoms with van der Waals surface area (Å²) in [4.78, 5) is 40.4. The van der Waals surface area contributed by atoms with Crippen LogP contribution in [0.5, 0.6) is 0 Å². The topological polar surface area (TPSA) is 90.3 Å². The van der Waals surface area contributed by atoms with Crippen LogP contribution in [0.2, 0.25) is 0 Å². The molecule has 0 atom stereocenters. The second-order valence-electron chi connectivity index (χ2n) is 5.65. The molecule has 1 amide bonds. The minimum Gasteiger partial charge on any atom is -0.466 e. The van der Waals surface area contributed by atoms with E-state index in [4.69, 9.17) is 4.74 Å². The normalized spacial score (nSPS) is 10.8. The minimum absolute atomic E-state index is 0.124. The predicted octanol–water partition coefficient (Wildman–Crippen LogP) is 2.73. The number of nitrogens with one attached hydrogen (secondary N) is 1. The Morgan fingerprint density at radius 3 is 2.81 bits per heavy atom. The Kier molecular flexibility index (Phi) is 8.30. The number of amides is 1. The number of hydrogen-bond donors (Lipinski definition) is 1. The van der Waals surface area contributed by atoms with Gasteiger partial charge in [0.05, 0.1) is 23.3 Å². The molecular weight excluding hydrogens is 434 g/mol. The van der Waals surface area contributed by atoms with E-state index in [9.17, 15) is 14.4 Å². The first kappa shape index (κ1) is 21.4. The molecule has 1 aromatic heterocycles. The number of nitrogens with zero attached hydrogens (tertiary/aromatic N) is 2. The van der Waals surface area contributed by atoms with Gasteiger partial charge in [0.15, 0.2) is 5.16 Å². The monoisotopic (exact) mass is 455 g/mol. The van der Waals surface area contributed by atoms with Gasteiger partial charge in [0.2, 0.25) is 5.91 Å². The Morgan fingerprint density at radius 2 is 2.11 bits per heavy atom.